The van der Waals surface area contributed by atoms with Crippen LogP contribution in [0.25, 0.3) is 0 Å². The van der Waals surface area contributed by atoms with Gasteiger partial charge in [0.05, 0.1) is 24.4 Å². The van der Waals surface area contributed by atoms with Gasteiger partial charge in [-0.25, -0.2) is 0 Å². The molecule has 0 spiro atoms. The molecule has 2 rings (SSSR count). The maximum absolute atomic E-state index is 5.68. The predicted molar refractivity (Wildman–Crippen MR) is 70.9 cm³/mol. The highest BCUT2D eigenvalue weighted by Crippen LogP contribution is 2.19. The van der Waals surface area contributed by atoms with Gasteiger partial charge in [-0.2, -0.15) is 0 Å². The molecule has 2 N–H and O–H groups in total. The van der Waals surface area contributed by atoms with Crippen LogP contribution in [0.1, 0.15) is 11.1 Å². The van der Waals surface area contributed by atoms with Crippen molar-refractivity contribution in [2.75, 3.05) is 11.9 Å². The van der Waals surface area contributed by atoms with Crippen molar-refractivity contribution in [2.24, 2.45) is 5.73 Å². The molecular formula is C12H13N3OS. The topological polar surface area (TPSA) is 55.3 Å². The predicted octanol–water partition coefficient (Wildman–Crippen LogP) is 1.95. The first-order chi connectivity index (χ1) is 8.18. The molecule has 2 heterocycles. The smallest absolute Gasteiger partial charge is 0.106 e. The molecule has 0 unspecified atom stereocenters. The Morgan fingerprint density at radius 2 is 2.35 bits per heavy atom. The third-order valence-electron chi connectivity index (χ3n) is 2.48. The van der Waals surface area contributed by atoms with E-state index >= 15 is 0 Å². The summed E-state index contributed by atoms with van der Waals surface area (Å²) in [5.74, 6) is 0. The molecule has 0 aliphatic carbocycles. The second kappa shape index (κ2) is 4.97. The molecular weight excluding hydrogens is 234 g/mol. The highest BCUT2D eigenvalue weighted by atomic mass is 32.1. The normalized spacial score (nSPS) is 10.2. The number of nitrogens with zero attached hydrogens (tertiary/aromatic N) is 2. The zero-order valence-electron chi connectivity index (χ0n) is 9.46. The molecule has 2 aromatic heterocycles. The van der Waals surface area contributed by atoms with Crippen LogP contribution in [-0.4, -0.2) is 17.0 Å². The standard InChI is InChI=1S/C12H13N3OS/c1-15(7-9-3-5-16-8-9)11-6-14-4-2-10(11)12(13)17/h2-6,8H,7H2,1H3,(H2,13,17). The van der Waals surface area contributed by atoms with Crippen LogP contribution >= 0.6 is 12.2 Å². The van der Waals surface area contributed by atoms with Crippen LogP contribution in [0.15, 0.2) is 41.5 Å². The number of rotatable bonds is 4. The van der Waals surface area contributed by atoms with E-state index in [-0.39, 0.29) is 0 Å². The number of hydrogen-bond acceptors (Lipinski definition) is 4. The van der Waals surface area contributed by atoms with Crippen LogP contribution in [0.2, 0.25) is 0 Å². The lowest BCUT2D eigenvalue weighted by atomic mass is 10.2. The van der Waals surface area contributed by atoms with Crippen LogP contribution in [0.3, 0.4) is 0 Å². The molecule has 88 valence electrons. The minimum Gasteiger partial charge on any atom is -0.472 e. The molecule has 0 aliphatic rings. The van der Waals surface area contributed by atoms with Gasteiger partial charge in [-0.15, -0.1) is 0 Å². The Morgan fingerprint density at radius 1 is 1.53 bits per heavy atom. The summed E-state index contributed by atoms with van der Waals surface area (Å²) in [7, 11) is 1.96. The van der Waals surface area contributed by atoms with E-state index in [1.54, 1.807) is 24.9 Å². The van der Waals surface area contributed by atoms with E-state index in [0.29, 0.717) is 4.99 Å². The van der Waals surface area contributed by atoms with Crippen molar-refractivity contribution in [1.82, 2.24) is 4.98 Å². The van der Waals surface area contributed by atoms with Crippen molar-refractivity contribution in [3.63, 3.8) is 0 Å². The highest BCUT2D eigenvalue weighted by Gasteiger charge is 2.10. The molecule has 0 radical (unpaired) electrons. The van der Waals surface area contributed by atoms with Gasteiger partial charge in [-0.3, -0.25) is 4.98 Å². The number of nitrogens with two attached hydrogens (primary N) is 1. The summed E-state index contributed by atoms with van der Waals surface area (Å²) in [4.78, 5) is 6.51. The third kappa shape index (κ3) is 2.62. The third-order valence-corrected chi connectivity index (χ3v) is 2.70. The minimum atomic E-state index is 0.376. The average Bonchev–Trinajstić information content (AvgIpc) is 2.81. The van der Waals surface area contributed by atoms with Gasteiger partial charge in [0.1, 0.15) is 4.99 Å². The molecule has 0 saturated heterocycles. The molecule has 0 bridgehead atoms. The first kappa shape index (κ1) is 11.6. The van der Waals surface area contributed by atoms with Crippen LogP contribution in [0.4, 0.5) is 5.69 Å². The van der Waals surface area contributed by atoms with Crippen LogP contribution in [0.5, 0.6) is 0 Å². The molecule has 17 heavy (non-hydrogen) atoms. The maximum Gasteiger partial charge on any atom is 0.106 e. The Balaban J connectivity index is 2.24. The zero-order chi connectivity index (χ0) is 12.3. The van der Waals surface area contributed by atoms with Crippen LogP contribution < -0.4 is 10.6 Å². The Kier molecular flexibility index (Phi) is 3.39. The Morgan fingerprint density at radius 3 is 3.00 bits per heavy atom. The van der Waals surface area contributed by atoms with E-state index in [1.165, 1.54) is 0 Å². The van der Waals surface area contributed by atoms with Gasteiger partial charge in [0.2, 0.25) is 0 Å². The van der Waals surface area contributed by atoms with Crippen LogP contribution in [-0.2, 0) is 6.54 Å². The fraction of sp³-hybridized carbons (Fsp3) is 0.167. The van der Waals surface area contributed by atoms with Crippen molar-refractivity contribution in [3.8, 4) is 0 Å². The first-order valence-electron chi connectivity index (χ1n) is 5.14. The molecule has 2 aromatic rings. The summed E-state index contributed by atoms with van der Waals surface area (Å²) in [5.41, 5.74) is 8.52. The van der Waals surface area contributed by atoms with E-state index < -0.39 is 0 Å². The number of thiocarbonyl (C=S) groups is 1. The second-order valence-corrected chi connectivity index (χ2v) is 4.18. The molecule has 0 amide bonds. The van der Waals surface area contributed by atoms with Crippen molar-refractivity contribution < 1.29 is 4.42 Å². The first-order valence-corrected chi connectivity index (χ1v) is 5.55. The van der Waals surface area contributed by atoms with Gasteiger partial charge in [0, 0.05) is 30.9 Å². The largest absolute Gasteiger partial charge is 0.472 e. The summed E-state index contributed by atoms with van der Waals surface area (Å²) in [6, 6.07) is 3.75. The summed E-state index contributed by atoms with van der Waals surface area (Å²) in [5, 5.41) is 0. The number of aromatic nitrogens is 1. The van der Waals surface area contributed by atoms with Crippen molar-refractivity contribution in [2.45, 2.75) is 6.54 Å². The highest BCUT2D eigenvalue weighted by molar-refractivity contribution is 7.80. The van der Waals surface area contributed by atoms with Gasteiger partial charge >= 0.3 is 0 Å². The summed E-state index contributed by atoms with van der Waals surface area (Å²) in [6.45, 7) is 0.720. The molecule has 0 aliphatic heterocycles. The fourth-order valence-corrected chi connectivity index (χ4v) is 1.81. The van der Waals surface area contributed by atoms with Gasteiger partial charge in [0.15, 0.2) is 0 Å². The van der Waals surface area contributed by atoms with Crippen molar-refractivity contribution in [1.29, 1.82) is 0 Å². The van der Waals surface area contributed by atoms with E-state index in [2.05, 4.69) is 4.98 Å². The molecule has 0 aromatic carbocycles. The summed E-state index contributed by atoms with van der Waals surface area (Å²) in [6.07, 6.45) is 6.81. The van der Waals surface area contributed by atoms with Gasteiger partial charge < -0.3 is 15.1 Å². The lowest BCUT2D eigenvalue weighted by molar-refractivity contribution is 0.563. The van der Waals surface area contributed by atoms with Crippen molar-refractivity contribution in [3.05, 3.63) is 48.2 Å². The fourth-order valence-electron chi connectivity index (χ4n) is 1.64. The van der Waals surface area contributed by atoms with E-state index in [9.17, 15) is 0 Å². The molecule has 4 nitrogen and oxygen atoms in total. The SMILES string of the molecule is CN(Cc1ccoc1)c1cnccc1C(N)=S. The zero-order valence-corrected chi connectivity index (χ0v) is 10.3. The average molecular weight is 247 g/mol. The van der Waals surface area contributed by atoms with Gasteiger partial charge in [0.25, 0.3) is 0 Å². The van der Waals surface area contributed by atoms with Gasteiger partial charge in [-0.05, 0) is 12.1 Å². The Bertz CT molecular complexity index is 510. The van der Waals surface area contributed by atoms with Crippen molar-refractivity contribution >= 4 is 22.9 Å². The monoisotopic (exact) mass is 247 g/mol. The lowest BCUT2D eigenvalue weighted by Gasteiger charge is -2.20. The van der Waals surface area contributed by atoms with Crippen LogP contribution in [0, 0.1) is 0 Å². The molecule has 0 atom stereocenters. The second-order valence-electron chi connectivity index (χ2n) is 3.74. The number of hydrogen-bond donors (Lipinski definition) is 1. The Hall–Kier alpha value is -1.88. The number of anilines is 1. The Labute approximate surface area is 105 Å². The van der Waals surface area contributed by atoms with E-state index in [1.807, 2.05) is 24.1 Å². The van der Waals surface area contributed by atoms with E-state index in [4.69, 9.17) is 22.4 Å². The van der Waals surface area contributed by atoms with Gasteiger partial charge in [-0.1, -0.05) is 12.2 Å². The molecule has 0 fully saturated rings. The number of furan rings is 1. The quantitative estimate of drug-likeness (QED) is 0.837. The lowest BCUT2D eigenvalue weighted by Crippen LogP contribution is -2.21. The maximum atomic E-state index is 5.68. The summed E-state index contributed by atoms with van der Waals surface area (Å²) >= 11 is 5.02. The summed E-state index contributed by atoms with van der Waals surface area (Å²) < 4.78 is 5.04. The molecule has 5 heteroatoms. The van der Waals surface area contributed by atoms with E-state index in [0.717, 1.165) is 23.4 Å². The molecule has 0 saturated carbocycles. The minimum absolute atomic E-state index is 0.376. The number of pyridine rings is 1.